The lowest BCUT2D eigenvalue weighted by Crippen LogP contribution is -2.24. The number of rotatable bonds is 5. The SMILES string of the molecule is NC(CCOP)CC(=O)OP. The van der Waals surface area contributed by atoms with E-state index in [4.69, 9.17) is 10.3 Å². The van der Waals surface area contributed by atoms with Crippen molar-refractivity contribution in [3.63, 3.8) is 0 Å². The highest BCUT2D eigenvalue weighted by molar-refractivity contribution is 7.10. The van der Waals surface area contributed by atoms with Crippen LogP contribution < -0.4 is 5.73 Å². The zero-order valence-electron chi connectivity index (χ0n) is 6.16. The first-order valence-corrected chi connectivity index (χ1v) is 4.11. The minimum Gasteiger partial charge on any atom is -0.451 e. The van der Waals surface area contributed by atoms with Gasteiger partial charge in [-0.05, 0) is 6.42 Å². The lowest BCUT2D eigenvalue weighted by Gasteiger charge is -2.07. The Morgan fingerprint density at radius 1 is 1.55 bits per heavy atom. The van der Waals surface area contributed by atoms with Crippen LogP contribution in [0.5, 0.6) is 0 Å². The van der Waals surface area contributed by atoms with E-state index >= 15 is 0 Å². The molecule has 0 fully saturated rings. The van der Waals surface area contributed by atoms with Crippen LogP contribution in [0.25, 0.3) is 0 Å². The largest absolute Gasteiger partial charge is 0.451 e. The van der Waals surface area contributed by atoms with E-state index in [1.807, 2.05) is 9.47 Å². The van der Waals surface area contributed by atoms with Crippen LogP contribution in [0.4, 0.5) is 0 Å². The third-order valence-electron chi connectivity index (χ3n) is 1.17. The van der Waals surface area contributed by atoms with E-state index in [0.29, 0.717) is 13.0 Å². The van der Waals surface area contributed by atoms with Crippen LogP contribution in [0.1, 0.15) is 12.8 Å². The molecule has 0 radical (unpaired) electrons. The maximum Gasteiger partial charge on any atom is 0.309 e. The molecule has 0 aliphatic rings. The van der Waals surface area contributed by atoms with E-state index in [1.54, 1.807) is 0 Å². The Kier molecular flexibility index (Phi) is 7.09. The summed E-state index contributed by atoms with van der Waals surface area (Å²) in [4.78, 5) is 10.6. The van der Waals surface area contributed by atoms with Gasteiger partial charge < -0.3 is 14.8 Å². The number of carbonyl (C=O) groups is 1. The molecule has 66 valence electrons. The number of carbonyl (C=O) groups excluding carboxylic acids is 1. The van der Waals surface area contributed by atoms with Gasteiger partial charge in [-0.3, -0.25) is 4.79 Å². The Bertz CT molecular complexity index is 122. The molecule has 4 nitrogen and oxygen atoms in total. The molecular formula is C5H13NO3P2. The van der Waals surface area contributed by atoms with Crippen molar-refractivity contribution in [2.24, 2.45) is 5.73 Å². The molecule has 0 amide bonds. The molecule has 0 saturated heterocycles. The summed E-state index contributed by atoms with van der Waals surface area (Å²) in [6.45, 7) is 0.538. The standard InChI is InChI=1S/C5H13NO3P2/c6-4(1-2-8-10)3-5(7)9-11/h4H,1-3,6,10-11H2. The van der Waals surface area contributed by atoms with Crippen LogP contribution in [-0.2, 0) is 13.8 Å². The van der Waals surface area contributed by atoms with Crippen LogP contribution in [0.15, 0.2) is 0 Å². The first-order valence-electron chi connectivity index (χ1n) is 3.17. The molecule has 11 heavy (non-hydrogen) atoms. The maximum atomic E-state index is 10.6. The second kappa shape index (κ2) is 6.93. The second-order valence-electron chi connectivity index (χ2n) is 2.11. The molecule has 3 atom stereocenters. The minimum atomic E-state index is -0.314. The Hall–Kier alpha value is 0.250. The summed E-state index contributed by atoms with van der Waals surface area (Å²) < 4.78 is 9.06. The van der Waals surface area contributed by atoms with Gasteiger partial charge in [-0.1, -0.05) is 0 Å². The van der Waals surface area contributed by atoms with Crippen molar-refractivity contribution in [1.29, 1.82) is 0 Å². The van der Waals surface area contributed by atoms with Crippen molar-refractivity contribution < 1.29 is 13.8 Å². The summed E-state index contributed by atoms with van der Waals surface area (Å²) in [6.07, 6.45) is 0.890. The zero-order chi connectivity index (χ0) is 8.69. The molecule has 0 spiro atoms. The van der Waals surface area contributed by atoms with Gasteiger partial charge in [0.2, 0.25) is 0 Å². The van der Waals surface area contributed by atoms with Crippen molar-refractivity contribution in [2.75, 3.05) is 6.61 Å². The summed E-state index contributed by atoms with van der Waals surface area (Å²) >= 11 is 0. The van der Waals surface area contributed by atoms with E-state index in [0.717, 1.165) is 0 Å². The van der Waals surface area contributed by atoms with Crippen LogP contribution in [0.2, 0.25) is 0 Å². The van der Waals surface area contributed by atoms with Gasteiger partial charge in [0.05, 0.1) is 22.5 Å². The van der Waals surface area contributed by atoms with Crippen LogP contribution in [0.3, 0.4) is 0 Å². The van der Waals surface area contributed by atoms with Gasteiger partial charge >= 0.3 is 5.97 Å². The topological polar surface area (TPSA) is 61.5 Å². The summed E-state index contributed by atoms with van der Waals surface area (Å²) in [5.74, 6) is -0.314. The first kappa shape index (κ1) is 11.2. The number of hydrogen-bond acceptors (Lipinski definition) is 4. The molecular weight excluding hydrogens is 184 g/mol. The van der Waals surface area contributed by atoms with E-state index in [1.165, 1.54) is 0 Å². The summed E-state index contributed by atoms with van der Waals surface area (Å²) in [7, 11) is 4.02. The fourth-order valence-electron chi connectivity index (χ4n) is 0.584. The normalized spacial score (nSPS) is 12.6. The van der Waals surface area contributed by atoms with Crippen molar-refractivity contribution in [3.8, 4) is 0 Å². The predicted octanol–water partition coefficient (Wildman–Crippen LogP) is 0.234. The molecule has 0 rings (SSSR count). The molecule has 0 aromatic carbocycles. The second-order valence-corrected chi connectivity index (χ2v) is 2.68. The molecule has 6 heteroatoms. The molecule has 0 aliphatic heterocycles. The third-order valence-corrected chi connectivity index (χ3v) is 1.67. The smallest absolute Gasteiger partial charge is 0.309 e. The molecule has 0 heterocycles. The molecule has 0 saturated carbocycles. The molecule has 0 aromatic heterocycles. The highest BCUT2D eigenvalue weighted by atomic mass is 31.0. The van der Waals surface area contributed by atoms with Gasteiger partial charge in [0.1, 0.15) is 0 Å². The van der Waals surface area contributed by atoms with Crippen molar-refractivity contribution in [1.82, 2.24) is 0 Å². The van der Waals surface area contributed by atoms with Crippen molar-refractivity contribution in [3.05, 3.63) is 0 Å². The van der Waals surface area contributed by atoms with Gasteiger partial charge in [-0.15, -0.1) is 0 Å². The maximum absolute atomic E-state index is 10.6. The van der Waals surface area contributed by atoms with E-state index < -0.39 is 0 Å². The lowest BCUT2D eigenvalue weighted by atomic mass is 10.2. The lowest BCUT2D eigenvalue weighted by molar-refractivity contribution is -0.133. The predicted molar refractivity (Wildman–Crippen MR) is 48.7 cm³/mol. The minimum absolute atomic E-state index is 0.177. The van der Waals surface area contributed by atoms with Crippen LogP contribution >= 0.6 is 18.9 Å². The van der Waals surface area contributed by atoms with Gasteiger partial charge in [0, 0.05) is 15.5 Å². The van der Waals surface area contributed by atoms with Gasteiger partial charge in [0.25, 0.3) is 0 Å². The summed E-state index contributed by atoms with van der Waals surface area (Å²) in [5, 5.41) is 0. The first-order chi connectivity index (χ1) is 5.20. The van der Waals surface area contributed by atoms with E-state index in [-0.39, 0.29) is 18.4 Å². The molecule has 0 aromatic rings. The van der Waals surface area contributed by atoms with Crippen LogP contribution in [-0.4, -0.2) is 18.6 Å². The molecule has 2 N–H and O–H groups in total. The average Bonchev–Trinajstić information content (AvgIpc) is 2.00. The fraction of sp³-hybridized carbons (Fsp3) is 0.800. The highest BCUT2D eigenvalue weighted by Crippen LogP contribution is 2.01. The Labute approximate surface area is 70.8 Å². The molecule has 0 bridgehead atoms. The Morgan fingerprint density at radius 3 is 2.64 bits per heavy atom. The van der Waals surface area contributed by atoms with Gasteiger partial charge in [-0.2, -0.15) is 0 Å². The summed E-state index contributed by atoms with van der Waals surface area (Å²) in [5.41, 5.74) is 5.54. The van der Waals surface area contributed by atoms with E-state index in [9.17, 15) is 4.79 Å². The fourth-order valence-corrected chi connectivity index (χ4v) is 0.816. The van der Waals surface area contributed by atoms with Crippen molar-refractivity contribution >= 4 is 24.9 Å². The summed E-state index contributed by atoms with van der Waals surface area (Å²) in [6, 6.07) is -0.177. The number of nitrogens with two attached hydrogens (primary N) is 1. The zero-order valence-corrected chi connectivity index (χ0v) is 8.46. The van der Waals surface area contributed by atoms with E-state index in [2.05, 4.69) is 14.0 Å². The Morgan fingerprint density at radius 2 is 2.18 bits per heavy atom. The Balaban J connectivity index is 3.35. The monoisotopic (exact) mass is 197 g/mol. The highest BCUT2D eigenvalue weighted by Gasteiger charge is 2.08. The molecule has 3 unspecified atom stereocenters. The van der Waals surface area contributed by atoms with Gasteiger partial charge in [0.15, 0.2) is 0 Å². The van der Waals surface area contributed by atoms with Crippen molar-refractivity contribution in [2.45, 2.75) is 18.9 Å². The number of hydrogen-bond donors (Lipinski definition) is 1. The van der Waals surface area contributed by atoms with Gasteiger partial charge in [-0.25, -0.2) is 0 Å². The quantitative estimate of drug-likeness (QED) is 0.641. The average molecular weight is 197 g/mol. The molecule has 0 aliphatic carbocycles. The third kappa shape index (κ3) is 6.64. The van der Waals surface area contributed by atoms with Crippen LogP contribution in [0, 0.1) is 0 Å².